The van der Waals surface area contributed by atoms with Crippen LogP contribution in [0.15, 0.2) is 36.4 Å². The molecule has 2 aromatic carbocycles. The van der Waals surface area contributed by atoms with Crippen LogP contribution < -0.4 is 9.62 Å². The van der Waals surface area contributed by atoms with Gasteiger partial charge in [-0.05, 0) is 49.6 Å². The molecule has 0 aromatic heterocycles. The van der Waals surface area contributed by atoms with Crippen molar-refractivity contribution in [3.8, 4) is 0 Å². The first-order chi connectivity index (χ1) is 17.9. The van der Waals surface area contributed by atoms with Crippen molar-refractivity contribution in [2.24, 2.45) is 0 Å². The van der Waals surface area contributed by atoms with E-state index in [0.717, 1.165) is 42.7 Å². The molecule has 1 aliphatic carbocycles. The van der Waals surface area contributed by atoms with Crippen molar-refractivity contribution in [1.82, 2.24) is 10.2 Å². The minimum absolute atomic E-state index is 0.0338. The largest absolute Gasteiger partial charge is 0.352 e. The fourth-order valence-corrected chi connectivity index (χ4v) is 6.53. The van der Waals surface area contributed by atoms with Gasteiger partial charge < -0.3 is 10.2 Å². The second kappa shape index (κ2) is 13.6. The van der Waals surface area contributed by atoms with Crippen molar-refractivity contribution in [3.05, 3.63) is 62.1 Å². The number of rotatable bonds is 10. The zero-order valence-corrected chi connectivity index (χ0v) is 25.1. The molecule has 1 atom stereocenters. The summed E-state index contributed by atoms with van der Waals surface area (Å²) in [6.07, 6.45) is 6.23. The van der Waals surface area contributed by atoms with Gasteiger partial charge in [-0.25, -0.2) is 8.42 Å². The van der Waals surface area contributed by atoms with Crippen molar-refractivity contribution in [3.63, 3.8) is 0 Å². The van der Waals surface area contributed by atoms with E-state index in [9.17, 15) is 18.0 Å². The lowest BCUT2D eigenvalue weighted by Gasteiger charge is -2.34. The maximum absolute atomic E-state index is 13.9. The number of anilines is 1. The summed E-state index contributed by atoms with van der Waals surface area (Å²) in [6.45, 7) is 1.12. The molecule has 12 heteroatoms. The molecule has 0 unspecified atom stereocenters. The van der Waals surface area contributed by atoms with Crippen LogP contribution in [0.1, 0.15) is 51.0 Å². The van der Waals surface area contributed by atoms with Crippen molar-refractivity contribution in [2.45, 2.75) is 64.1 Å². The van der Waals surface area contributed by atoms with Gasteiger partial charge in [-0.3, -0.25) is 13.9 Å². The predicted octanol–water partition coefficient (Wildman–Crippen LogP) is 6.32. The van der Waals surface area contributed by atoms with Crippen LogP contribution in [0.3, 0.4) is 0 Å². The van der Waals surface area contributed by atoms with E-state index < -0.39 is 28.5 Å². The average molecular weight is 623 g/mol. The number of benzene rings is 2. The Morgan fingerprint density at radius 2 is 1.63 bits per heavy atom. The number of halogens is 4. The van der Waals surface area contributed by atoms with Crippen LogP contribution >= 0.6 is 46.4 Å². The van der Waals surface area contributed by atoms with E-state index >= 15 is 0 Å². The fourth-order valence-electron chi connectivity index (χ4n) is 4.60. The van der Waals surface area contributed by atoms with Gasteiger partial charge in [0.2, 0.25) is 21.8 Å². The first kappa shape index (κ1) is 30.8. The summed E-state index contributed by atoms with van der Waals surface area (Å²) in [5.74, 6) is -0.908. The molecule has 0 saturated heterocycles. The molecule has 1 N–H and O–H groups in total. The van der Waals surface area contributed by atoms with Gasteiger partial charge in [-0.2, -0.15) is 0 Å². The minimum Gasteiger partial charge on any atom is -0.352 e. The monoisotopic (exact) mass is 621 g/mol. The second-order valence-electron chi connectivity index (χ2n) is 9.35. The van der Waals surface area contributed by atoms with Gasteiger partial charge >= 0.3 is 0 Å². The Morgan fingerprint density at radius 3 is 2.18 bits per heavy atom. The summed E-state index contributed by atoms with van der Waals surface area (Å²) in [5, 5.41) is 4.13. The number of carbonyl (C=O) groups is 2. The highest BCUT2D eigenvalue weighted by Gasteiger charge is 2.34. The van der Waals surface area contributed by atoms with Crippen LogP contribution in [0, 0.1) is 0 Å². The zero-order valence-electron chi connectivity index (χ0n) is 21.2. The van der Waals surface area contributed by atoms with Crippen LogP contribution in [-0.2, 0) is 26.2 Å². The highest BCUT2D eigenvalue weighted by atomic mass is 35.5. The van der Waals surface area contributed by atoms with Gasteiger partial charge in [0.05, 0.1) is 17.0 Å². The van der Waals surface area contributed by atoms with E-state index in [1.807, 2.05) is 0 Å². The molecule has 1 saturated carbocycles. The Balaban J connectivity index is 1.98. The van der Waals surface area contributed by atoms with Gasteiger partial charge in [0, 0.05) is 33.2 Å². The van der Waals surface area contributed by atoms with Gasteiger partial charge in [0.25, 0.3) is 0 Å². The molecule has 7 nitrogen and oxygen atoms in total. The third kappa shape index (κ3) is 7.92. The van der Waals surface area contributed by atoms with Crippen molar-refractivity contribution in [2.75, 3.05) is 17.1 Å². The SMILES string of the molecule is CC[C@H](C(=O)NC1CCCCC1)N(Cc1c(Cl)cccc1Cl)C(=O)CN(c1ccc(Cl)cc1Cl)S(C)(=O)=O. The molecule has 0 spiro atoms. The molecule has 38 heavy (non-hydrogen) atoms. The van der Waals surface area contributed by atoms with Crippen LogP contribution in [0.25, 0.3) is 0 Å². The molecule has 2 aromatic rings. The van der Waals surface area contributed by atoms with E-state index in [1.54, 1.807) is 25.1 Å². The molecule has 1 fully saturated rings. The van der Waals surface area contributed by atoms with E-state index in [1.165, 1.54) is 23.1 Å². The summed E-state index contributed by atoms with van der Waals surface area (Å²) < 4.78 is 26.4. The molecule has 208 valence electrons. The molecular formula is C26H31Cl4N3O4S. The molecule has 2 amide bonds. The quantitative estimate of drug-likeness (QED) is 0.336. The summed E-state index contributed by atoms with van der Waals surface area (Å²) in [7, 11) is -3.94. The minimum atomic E-state index is -3.94. The van der Waals surface area contributed by atoms with E-state index in [-0.39, 0.29) is 29.2 Å². The summed E-state index contributed by atoms with van der Waals surface area (Å²) in [6, 6.07) is 8.44. The van der Waals surface area contributed by atoms with Crippen LogP contribution in [0.5, 0.6) is 0 Å². The topological polar surface area (TPSA) is 86.8 Å². The number of sulfonamides is 1. The molecular weight excluding hydrogens is 592 g/mol. The Hall–Kier alpha value is -1.71. The number of amides is 2. The van der Waals surface area contributed by atoms with E-state index in [2.05, 4.69) is 5.32 Å². The lowest BCUT2D eigenvalue weighted by molar-refractivity contribution is -0.140. The standard InChI is InChI=1S/C26H31Cl4N3O4S/c1-3-23(26(35)31-18-8-5-4-6-9-18)32(15-19-20(28)10-7-11-21(19)29)25(34)16-33(38(2,36)37)24-13-12-17(27)14-22(24)30/h7,10-14,18,23H,3-6,8-9,15-16H2,1-2H3,(H,31,35)/t23-/m1/s1. The Morgan fingerprint density at radius 1 is 1.00 bits per heavy atom. The Bertz CT molecular complexity index is 1250. The molecule has 0 aliphatic heterocycles. The summed E-state index contributed by atoms with van der Waals surface area (Å²) >= 11 is 25.1. The molecule has 3 rings (SSSR count). The van der Waals surface area contributed by atoms with E-state index in [0.29, 0.717) is 27.1 Å². The number of carbonyl (C=O) groups excluding carboxylic acids is 2. The summed E-state index contributed by atoms with van der Waals surface area (Å²) in [5.41, 5.74) is 0.561. The number of nitrogens with zero attached hydrogens (tertiary/aromatic N) is 2. The van der Waals surface area contributed by atoms with Crippen molar-refractivity contribution >= 4 is 73.9 Å². The zero-order chi connectivity index (χ0) is 28.0. The van der Waals surface area contributed by atoms with Crippen molar-refractivity contribution in [1.29, 1.82) is 0 Å². The third-order valence-corrected chi connectivity index (χ3v) is 8.96. The van der Waals surface area contributed by atoms with Crippen LogP contribution in [0.4, 0.5) is 5.69 Å². The number of hydrogen-bond donors (Lipinski definition) is 1. The normalized spacial score (nSPS) is 15.1. The van der Waals surface area contributed by atoms with Gasteiger partial charge in [-0.15, -0.1) is 0 Å². The first-order valence-electron chi connectivity index (χ1n) is 12.4. The lowest BCUT2D eigenvalue weighted by atomic mass is 9.95. The second-order valence-corrected chi connectivity index (χ2v) is 12.9. The van der Waals surface area contributed by atoms with Gasteiger partial charge in [0.15, 0.2) is 0 Å². The predicted molar refractivity (Wildman–Crippen MR) is 155 cm³/mol. The van der Waals surface area contributed by atoms with Crippen molar-refractivity contribution < 1.29 is 18.0 Å². The van der Waals surface area contributed by atoms with Crippen LogP contribution in [-0.4, -0.2) is 50.0 Å². The molecule has 0 heterocycles. The third-order valence-electron chi connectivity index (χ3n) is 6.59. The smallest absolute Gasteiger partial charge is 0.244 e. The number of nitrogens with one attached hydrogen (secondary N) is 1. The molecule has 1 aliphatic rings. The maximum Gasteiger partial charge on any atom is 0.244 e. The van der Waals surface area contributed by atoms with Gasteiger partial charge in [0.1, 0.15) is 12.6 Å². The summed E-state index contributed by atoms with van der Waals surface area (Å²) in [4.78, 5) is 28.7. The van der Waals surface area contributed by atoms with E-state index in [4.69, 9.17) is 46.4 Å². The Labute approximate surface area is 244 Å². The lowest BCUT2D eigenvalue weighted by Crippen LogP contribution is -2.54. The highest BCUT2D eigenvalue weighted by Crippen LogP contribution is 2.31. The fraction of sp³-hybridized carbons (Fsp3) is 0.462. The maximum atomic E-state index is 13.9. The van der Waals surface area contributed by atoms with Gasteiger partial charge in [-0.1, -0.05) is 78.7 Å². The first-order valence-corrected chi connectivity index (χ1v) is 15.7. The van der Waals surface area contributed by atoms with Crippen LogP contribution in [0.2, 0.25) is 20.1 Å². The molecule has 0 bridgehead atoms. The average Bonchev–Trinajstić information content (AvgIpc) is 2.84. The molecule has 0 radical (unpaired) electrons. The highest BCUT2D eigenvalue weighted by molar-refractivity contribution is 7.92. The number of hydrogen-bond acceptors (Lipinski definition) is 4. The Kier molecular flexibility index (Phi) is 11.0.